The van der Waals surface area contributed by atoms with E-state index >= 15 is 0 Å². The number of piperazine rings is 1. The number of alkyl halides is 3. The van der Waals surface area contributed by atoms with Gasteiger partial charge in [-0.3, -0.25) is 25.3 Å². The molecule has 2 amide bonds. The molecule has 14 heteroatoms. The van der Waals surface area contributed by atoms with Gasteiger partial charge in [-0.1, -0.05) is 30.3 Å². The fourth-order valence-electron chi connectivity index (χ4n) is 5.32. The van der Waals surface area contributed by atoms with Crippen molar-refractivity contribution in [2.75, 3.05) is 39.5 Å². The van der Waals surface area contributed by atoms with Gasteiger partial charge in [-0.05, 0) is 47.9 Å². The van der Waals surface area contributed by atoms with E-state index in [-0.39, 0.29) is 35.5 Å². The van der Waals surface area contributed by atoms with Crippen LogP contribution in [-0.2, 0) is 29.2 Å². The highest BCUT2D eigenvalue weighted by molar-refractivity contribution is 8.26. The van der Waals surface area contributed by atoms with Crippen LogP contribution >= 0.6 is 11.8 Å². The Morgan fingerprint density at radius 1 is 1.05 bits per heavy atom. The predicted molar refractivity (Wildman–Crippen MR) is 155 cm³/mol. The molecule has 10 nitrogen and oxygen atoms in total. The first kappa shape index (κ1) is 30.8. The van der Waals surface area contributed by atoms with Crippen LogP contribution in [0.2, 0.25) is 0 Å². The minimum atomic E-state index is -4.74. The molecule has 0 radical (unpaired) electrons. The van der Waals surface area contributed by atoms with Crippen molar-refractivity contribution < 1.29 is 32.2 Å². The highest BCUT2D eigenvalue weighted by Crippen LogP contribution is 2.34. The van der Waals surface area contributed by atoms with Gasteiger partial charge in [0.25, 0.3) is 5.91 Å². The van der Waals surface area contributed by atoms with Gasteiger partial charge in [0.05, 0.1) is 6.54 Å². The zero-order valence-corrected chi connectivity index (χ0v) is 24.2. The standard InChI is InChI=1S/C29H33F3N6O4S/c30-29(31,32)27(33)43-28(34)37-12-10-36(11-13-37)15-19-6-8-20(9-7-19)17-42-24-5-1-3-21-22(24)16-38(26(21)40)23-4-2-14-41-18-35-25(23)39/h1,3,5-9,23,33-34H,2,4,10-18H2,(H,35,39). The van der Waals surface area contributed by atoms with Crippen molar-refractivity contribution in [1.82, 2.24) is 20.0 Å². The van der Waals surface area contributed by atoms with Crippen LogP contribution in [0.15, 0.2) is 42.5 Å². The molecule has 2 fully saturated rings. The molecule has 2 saturated heterocycles. The van der Waals surface area contributed by atoms with E-state index in [2.05, 4.69) is 10.2 Å². The smallest absolute Gasteiger partial charge is 0.439 e. The first-order valence-corrected chi connectivity index (χ1v) is 14.8. The quantitative estimate of drug-likeness (QED) is 0.333. The van der Waals surface area contributed by atoms with Crippen molar-refractivity contribution in [3.05, 3.63) is 64.7 Å². The summed E-state index contributed by atoms with van der Waals surface area (Å²) in [6.07, 6.45) is -3.52. The van der Waals surface area contributed by atoms with E-state index in [1.165, 1.54) is 0 Å². The number of rotatable bonds is 6. The molecule has 5 rings (SSSR count). The second kappa shape index (κ2) is 13.3. The van der Waals surface area contributed by atoms with Crippen LogP contribution in [0.25, 0.3) is 0 Å². The van der Waals surface area contributed by atoms with Crippen molar-refractivity contribution >= 4 is 33.8 Å². The molecule has 230 valence electrons. The third-order valence-corrected chi connectivity index (χ3v) is 8.57. The molecule has 3 aliphatic heterocycles. The number of ether oxygens (including phenoxy) is 2. The first-order chi connectivity index (χ1) is 20.6. The largest absolute Gasteiger partial charge is 0.489 e. The number of amides is 2. The summed E-state index contributed by atoms with van der Waals surface area (Å²) in [4.78, 5) is 31.2. The Labute approximate surface area is 251 Å². The van der Waals surface area contributed by atoms with Gasteiger partial charge in [0.2, 0.25) is 5.91 Å². The lowest BCUT2D eigenvalue weighted by Gasteiger charge is -2.35. The summed E-state index contributed by atoms with van der Waals surface area (Å²) in [5.74, 6) is 0.216. The molecule has 2 aromatic rings. The fourth-order valence-corrected chi connectivity index (χ4v) is 5.94. The van der Waals surface area contributed by atoms with Crippen molar-refractivity contribution in [2.24, 2.45) is 0 Å². The summed E-state index contributed by atoms with van der Waals surface area (Å²) < 4.78 is 49.3. The Hall–Kier alpha value is -3.62. The second-order valence-electron chi connectivity index (χ2n) is 10.6. The third-order valence-electron chi connectivity index (χ3n) is 7.69. The topological polar surface area (TPSA) is 122 Å². The lowest BCUT2D eigenvalue weighted by atomic mass is 10.1. The Bertz CT molecular complexity index is 1360. The summed E-state index contributed by atoms with van der Waals surface area (Å²) in [7, 11) is 0. The SMILES string of the molecule is N=C(SC(=N)C(F)(F)F)N1CCN(Cc2ccc(COc3cccc4c3CN(C3CCCOCNC3=O)C4=O)cc2)CC1. The summed E-state index contributed by atoms with van der Waals surface area (Å²) in [6.45, 7) is 3.97. The minimum absolute atomic E-state index is 0.135. The fraction of sp³-hybridized carbons (Fsp3) is 0.448. The molecular formula is C29H33F3N6O4S. The van der Waals surface area contributed by atoms with Crippen molar-refractivity contribution in [3.8, 4) is 5.75 Å². The summed E-state index contributed by atoms with van der Waals surface area (Å²) in [5, 5.41) is 16.0. The number of thioether (sulfide) groups is 1. The van der Waals surface area contributed by atoms with Crippen molar-refractivity contribution in [3.63, 3.8) is 0 Å². The van der Waals surface area contributed by atoms with Crippen LogP contribution in [-0.4, -0.2) is 88.5 Å². The zero-order valence-electron chi connectivity index (χ0n) is 23.4. The van der Waals surface area contributed by atoms with Gasteiger partial charge in [-0.2, -0.15) is 13.2 Å². The number of halogens is 3. The van der Waals surface area contributed by atoms with Gasteiger partial charge in [-0.15, -0.1) is 0 Å². The lowest BCUT2D eigenvalue weighted by Crippen LogP contribution is -2.48. The minimum Gasteiger partial charge on any atom is -0.489 e. The van der Waals surface area contributed by atoms with E-state index in [0.717, 1.165) is 16.7 Å². The molecule has 1 unspecified atom stereocenters. The maximum Gasteiger partial charge on any atom is 0.439 e. The second-order valence-corrected chi connectivity index (χ2v) is 11.6. The lowest BCUT2D eigenvalue weighted by molar-refractivity contribution is -0.129. The molecule has 3 heterocycles. The Balaban J connectivity index is 1.12. The Morgan fingerprint density at radius 3 is 2.49 bits per heavy atom. The predicted octanol–water partition coefficient (Wildman–Crippen LogP) is 3.80. The van der Waals surface area contributed by atoms with Gasteiger partial charge >= 0.3 is 6.18 Å². The monoisotopic (exact) mass is 618 g/mol. The number of nitrogens with zero attached hydrogens (tertiary/aromatic N) is 3. The molecule has 43 heavy (non-hydrogen) atoms. The van der Waals surface area contributed by atoms with Gasteiger partial charge in [0.15, 0.2) is 10.2 Å². The first-order valence-electron chi connectivity index (χ1n) is 14.0. The zero-order chi connectivity index (χ0) is 30.6. The van der Waals surface area contributed by atoms with Crippen LogP contribution in [0.5, 0.6) is 5.75 Å². The van der Waals surface area contributed by atoms with Crippen LogP contribution in [0.3, 0.4) is 0 Å². The average Bonchev–Trinajstić information content (AvgIpc) is 3.31. The molecular weight excluding hydrogens is 585 g/mol. The van der Waals surface area contributed by atoms with Crippen LogP contribution < -0.4 is 10.1 Å². The van der Waals surface area contributed by atoms with Crippen molar-refractivity contribution in [2.45, 2.75) is 44.8 Å². The number of carbonyl (C=O) groups is 2. The molecule has 0 spiro atoms. The number of nitrogens with one attached hydrogen (secondary N) is 3. The summed E-state index contributed by atoms with van der Waals surface area (Å²) in [5.41, 5.74) is 3.34. The molecule has 2 aromatic carbocycles. The van der Waals surface area contributed by atoms with Crippen LogP contribution in [0.4, 0.5) is 13.2 Å². The summed E-state index contributed by atoms with van der Waals surface area (Å²) in [6, 6.07) is 12.8. The van der Waals surface area contributed by atoms with Gasteiger partial charge in [-0.25, -0.2) is 0 Å². The highest BCUT2D eigenvalue weighted by atomic mass is 32.2. The molecule has 3 aliphatic rings. The van der Waals surface area contributed by atoms with Gasteiger partial charge in [0, 0.05) is 50.5 Å². The number of carbonyl (C=O) groups excluding carboxylic acids is 2. The number of benzene rings is 2. The van der Waals surface area contributed by atoms with Crippen LogP contribution in [0, 0.1) is 10.8 Å². The molecule has 3 N–H and O–H groups in total. The number of hydrogen-bond donors (Lipinski definition) is 3. The van der Waals surface area contributed by atoms with E-state index in [1.807, 2.05) is 30.3 Å². The van der Waals surface area contributed by atoms with E-state index in [9.17, 15) is 22.8 Å². The maximum absolute atomic E-state index is 13.2. The number of fused-ring (bicyclic) bond motifs is 1. The third kappa shape index (κ3) is 7.48. The van der Waals surface area contributed by atoms with E-state index in [4.69, 9.17) is 20.3 Å². The Kier molecular flexibility index (Phi) is 9.57. The maximum atomic E-state index is 13.2. The number of amidine groups is 1. The van der Waals surface area contributed by atoms with Crippen molar-refractivity contribution in [1.29, 1.82) is 10.8 Å². The van der Waals surface area contributed by atoms with Gasteiger partial charge in [0.1, 0.15) is 25.1 Å². The molecule has 1 atom stereocenters. The normalized spacial score (nSPS) is 19.8. The number of hydrogen-bond acceptors (Lipinski definition) is 8. The molecule has 0 aromatic heterocycles. The molecule has 0 aliphatic carbocycles. The Morgan fingerprint density at radius 2 is 1.77 bits per heavy atom. The highest BCUT2D eigenvalue weighted by Gasteiger charge is 2.38. The molecule has 0 bridgehead atoms. The van der Waals surface area contributed by atoms with E-state index in [1.54, 1.807) is 21.9 Å². The summed E-state index contributed by atoms with van der Waals surface area (Å²) >= 11 is 0.135. The molecule has 0 saturated carbocycles. The van der Waals surface area contributed by atoms with Crippen LogP contribution in [0.1, 0.15) is 39.9 Å². The van der Waals surface area contributed by atoms with E-state index < -0.39 is 17.3 Å². The van der Waals surface area contributed by atoms with Gasteiger partial charge < -0.3 is 24.6 Å². The average molecular weight is 619 g/mol. The van der Waals surface area contributed by atoms with E-state index in [0.29, 0.717) is 76.6 Å².